The first-order chi connectivity index (χ1) is 10.7. The van der Waals surface area contributed by atoms with E-state index in [1.165, 1.54) is 17.9 Å². The molecule has 0 radical (unpaired) electrons. The summed E-state index contributed by atoms with van der Waals surface area (Å²) in [6.45, 7) is 1.39. The second-order valence-electron chi connectivity index (χ2n) is 5.23. The van der Waals surface area contributed by atoms with Gasteiger partial charge in [-0.25, -0.2) is 4.79 Å². The lowest BCUT2D eigenvalue weighted by atomic mass is 10.2. The number of H-pyrrole nitrogens is 1. The van der Waals surface area contributed by atoms with Gasteiger partial charge < -0.3 is 28.6 Å². The fraction of sp³-hybridized carbons (Fsp3) is 0.667. The average Bonchev–Trinajstić information content (AvgIpc) is 2.84. The molecule has 0 amide bonds. The van der Waals surface area contributed by atoms with Crippen molar-refractivity contribution in [2.45, 2.75) is 31.8 Å². The molecule has 1 aliphatic rings. The van der Waals surface area contributed by atoms with Crippen LogP contribution in [-0.2, 0) is 18.8 Å². The monoisotopic (exact) mass is 348 g/mol. The molecule has 1 aromatic heterocycles. The summed E-state index contributed by atoms with van der Waals surface area (Å²) in [6, 6.07) is 0. The first-order valence-corrected chi connectivity index (χ1v) is 8.53. The molecular weight excluding hydrogens is 331 g/mol. The fourth-order valence-electron chi connectivity index (χ4n) is 2.35. The number of hydrogen-bond acceptors (Lipinski definition) is 8. The van der Waals surface area contributed by atoms with Crippen LogP contribution in [0.4, 0.5) is 0 Å². The summed E-state index contributed by atoms with van der Waals surface area (Å²) in [4.78, 5) is 46.5. The maximum atomic E-state index is 11.9. The summed E-state index contributed by atoms with van der Waals surface area (Å²) in [7, 11) is -3.32. The Labute approximate surface area is 131 Å². The quantitative estimate of drug-likeness (QED) is 0.583. The highest BCUT2D eigenvalue weighted by atomic mass is 31.2. The molecule has 1 saturated heterocycles. The van der Waals surface area contributed by atoms with Crippen molar-refractivity contribution < 1.29 is 28.6 Å². The van der Waals surface area contributed by atoms with Crippen molar-refractivity contribution in [3.63, 3.8) is 0 Å². The van der Waals surface area contributed by atoms with Crippen LogP contribution < -0.4 is 21.0 Å². The first kappa shape index (κ1) is 18.1. The molecule has 0 aliphatic carbocycles. The van der Waals surface area contributed by atoms with Gasteiger partial charge in [-0.15, -0.1) is 0 Å². The van der Waals surface area contributed by atoms with E-state index in [0.717, 1.165) is 0 Å². The number of ether oxygens (including phenoxy) is 3. The van der Waals surface area contributed by atoms with Gasteiger partial charge in [0.25, 0.3) is 5.56 Å². The van der Waals surface area contributed by atoms with Crippen LogP contribution in [0.15, 0.2) is 15.8 Å². The Morgan fingerprint density at radius 3 is 2.78 bits per heavy atom. The van der Waals surface area contributed by atoms with Crippen LogP contribution in [0.5, 0.6) is 0 Å². The van der Waals surface area contributed by atoms with E-state index in [1.807, 2.05) is 0 Å². The number of aryl methyl sites for hydroxylation is 1. The molecule has 1 aromatic rings. The van der Waals surface area contributed by atoms with Crippen molar-refractivity contribution in [1.29, 1.82) is 0 Å². The third-order valence-electron chi connectivity index (χ3n) is 3.47. The number of aromatic nitrogens is 2. The Balaban J connectivity index is 2.09. The van der Waals surface area contributed by atoms with Gasteiger partial charge in [-0.2, -0.15) is 0 Å². The SMILES string of the molecule is CO[C@H]1C[C@H](n2cc(C)c(=O)[nH]c2=O)O[C@@H]1COCP(=O)([O-])[O-]. The van der Waals surface area contributed by atoms with Crippen molar-refractivity contribution in [3.8, 4) is 0 Å². The lowest BCUT2D eigenvalue weighted by Crippen LogP contribution is -2.33. The topological polar surface area (TPSA) is 146 Å². The van der Waals surface area contributed by atoms with Crippen molar-refractivity contribution in [3.05, 3.63) is 32.6 Å². The molecule has 0 aromatic carbocycles. The van der Waals surface area contributed by atoms with Crippen LogP contribution in [0, 0.1) is 6.92 Å². The summed E-state index contributed by atoms with van der Waals surface area (Å²) in [5.41, 5.74) is -0.750. The minimum Gasteiger partial charge on any atom is -0.809 e. The van der Waals surface area contributed by atoms with Crippen molar-refractivity contribution >= 4 is 7.60 Å². The molecule has 130 valence electrons. The molecule has 0 spiro atoms. The zero-order valence-corrected chi connectivity index (χ0v) is 13.5. The lowest BCUT2D eigenvalue weighted by molar-refractivity contribution is -0.318. The molecule has 23 heavy (non-hydrogen) atoms. The molecule has 3 atom stereocenters. The maximum Gasteiger partial charge on any atom is 0.330 e. The second kappa shape index (κ2) is 7.08. The van der Waals surface area contributed by atoms with Gasteiger partial charge in [0.1, 0.15) is 12.3 Å². The summed E-state index contributed by atoms with van der Waals surface area (Å²) < 4.78 is 27.5. The third kappa shape index (κ3) is 4.60. The second-order valence-corrected chi connectivity index (χ2v) is 6.71. The van der Waals surface area contributed by atoms with Gasteiger partial charge in [0.05, 0.1) is 19.1 Å². The standard InChI is InChI=1S/C12H19N2O8P/c1-7-4-14(12(16)13-11(7)15)10-3-8(20-2)9(22-10)5-21-6-23(17,18)19/h4,8-10H,3,5-6H2,1-2H3,(H,13,15,16)(H2,17,18,19)/p-2/t8-,9+,10+/m0/s1. The normalized spacial score (nSPS) is 25.0. The number of methoxy groups -OCH3 is 1. The lowest BCUT2D eigenvalue weighted by Gasteiger charge is -2.29. The highest BCUT2D eigenvalue weighted by Gasteiger charge is 2.37. The van der Waals surface area contributed by atoms with E-state index in [-0.39, 0.29) is 6.61 Å². The summed E-state index contributed by atoms with van der Waals surface area (Å²) in [6.07, 6.45) is -1.03. The minimum absolute atomic E-state index is 0.166. The fourth-order valence-corrected chi connectivity index (χ4v) is 2.68. The van der Waals surface area contributed by atoms with E-state index >= 15 is 0 Å². The van der Waals surface area contributed by atoms with Gasteiger partial charge in [-0.05, 0) is 14.5 Å². The van der Waals surface area contributed by atoms with Crippen LogP contribution in [0.25, 0.3) is 0 Å². The molecule has 2 rings (SSSR count). The zero-order chi connectivity index (χ0) is 17.2. The highest BCUT2D eigenvalue weighted by molar-refractivity contribution is 7.48. The molecule has 0 unspecified atom stereocenters. The molecule has 2 heterocycles. The molecule has 11 heteroatoms. The molecular formula is C12H17N2O8P-2. The van der Waals surface area contributed by atoms with Crippen LogP contribution in [0.1, 0.15) is 18.2 Å². The first-order valence-electron chi connectivity index (χ1n) is 6.80. The predicted molar refractivity (Wildman–Crippen MR) is 73.8 cm³/mol. The summed E-state index contributed by atoms with van der Waals surface area (Å²) >= 11 is 0. The minimum atomic E-state index is -4.76. The average molecular weight is 348 g/mol. The molecule has 1 fully saturated rings. The van der Waals surface area contributed by atoms with E-state index in [2.05, 4.69) is 4.98 Å². The summed E-state index contributed by atoms with van der Waals surface area (Å²) in [5.74, 6) is 0. The van der Waals surface area contributed by atoms with Crippen LogP contribution in [-0.4, -0.2) is 41.8 Å². The van der Waals surface area contributed by atoms with Gasteiger partial charge >= 0.3 is 5.69 Å². The van der Waals surface area contributed by atoms with E-state index in [1.54, 1.807) is 6.92 Å². The highest BCUT2D eigenvalue weighted by Crippen LogP contribution is 2.30. The van der Waals surface area contributed by atoms with Crippen LogP contribution >= 0.6 is 7.60 Å². The molecule has 10 nitrogen and oxygen atoms in total. The number of hydrogen-bond donors (Lipinski definition) is 1. The van der Waals surface area contributed by atoms with Crippen molar-refractivity contribution in [2.75, 3.05) is 20.1 Å². The number of nitrogens with one attached hydrogen (secondary N) is 1. The Morgan fingerprint density at radius 1 is 1.48 bits per heavy atom. The van der Waals surface area contributed by atoms with Crippen LogP contribution in [0.2, 0.25) is 0 Å². The van der Waals surface area contributed by atoms with Crippen molar-refractivity contribution in [1.82, 2.24) is 9.55 Å². The number of aromatic amines is 1. The van der Waals surface area contributed by atoms with E-state index < -0.39 is 43.6 Å². The zero-order valence-electron chi connectivity index (χ0n) is 12.6. The predicted octanol–water partition coefficient (Wildman–Crippen LogP) is -1.96. The Hall–Kier alpha value is -1.29. The van der Waals surface area contributed by atoms with Gasteiger partial charge in [0.2, 0.25) is 0 Å². The third-order valence-corrected chi connectivity index (χ3v) is 3.97. The Bertz CT molecular complexity index is 708. The van der Waals surface area contributed by atoms with Gasteiger partial charge in [-0.3, -0.25) is 14.3 Å². The van der Waals surface area contributed by atoms with E-state index in [0.29, 0.717) is 12.0 Å². The van der Waals surface area contributed by atoms with E-state index in [4.69, 9.17) is 14.2 Å². The maximum absolute atomic E-state index is 11.9. The number of nitrogens with zero attached hydrogens (tertiary/aromatic N) is 1. The smallest absolute Gasteiger partial charge is 0.330 e. The van der Waals surface area contributed by atoms with Gasteiger partial charge in [0.15, 0.2) is 0 Å². The molecule has 1 aliphatic heterocycles. The van der Waals surface area contributed by atoms with Crippen LogP contribution in [0.3, 0.4) is 0 Å². The largest absolute Gasteiger partial charge is 0.809 e. The Kier molecular flexibility index (Phi) is 5.56. The van der Waals surface area contributed by atoms with E-state index in [9.17, 15) is 23.9 Å². The molecule has 0 saturated carbocycles. The molecule has 0 bridgehead atoms. The Morgan fingerprint density at radius 2 is 2.17 bits per heavy atom. The van der Waals surface area contributed by atoms with Gasteiger partial charge in [0, 0.05) is 25.3 Å². The summed E-state index contributed by atoms with van der Waals surface area (Å²) in [5, 5.41) is 0. The number of rotatable bonds is 6. The molecule has 1 N–H and O–H groups in total. The van der Waals surface area contributed by atoms with Gasteiger partial charge in [-0.1, -0.05) is 0 Å². The van der Waals surface area contributed by atoms with Crippen molar-refractivity contribution in [2.24, 2.45) is 0 Å².